The molecule has 0 radical (unpaired) electrons. The van der Waals surface area contributed by atoms with Gasteiger partial charge in [0.1, 0.15) is 5.75 Å². The van der Waals surface area contributed by atoms with Crippen molar-refractivity contribution in [1.29, 1.82) is 0 Å². The highest BCUT2D eigenvalue weighted by Gasteiger charge is 2.18. The molecule has 0 saturated heterocycles. The van der Waals surface area contributed by atoms with Gasteiger partial charge >= 0.3 is 5.97 Å². The lowest BCUT2D eigenvalue weighted by molar-refractivity contribution is -0.136. The lowest BCUT2D eigenvalue weighted by Crippen LogP contribution is -2.20. The van der Waals surface area contributed by atoms with Gasteiger partial charge in [-0.3, -0.25) is 9.48 Å². The van der Waals surface area contributed by atoms with Crippen molar-refractivity contribution < 1.29 is 14.6 Å². The zero-order valence-electron chi connectivity index (χ0n) is 16.2. The molecule has 0 aliphatic heterocycles. The molecule has 146 valence electrons. The number of rotatable bonds is 6. The van der Waals surface area contributed by atoms with E-state index in [1.807, 2.05) is 30.1 Å². The Morgan fingerprint density at radius 2 is 2.00 bits per heavy atom. The molecule has 28 heavy (non-hydrogen) atoms. The fourth-order valence-corrected chi connectivity index (χ4v) is 4.01. The van der Waals surface area contributed by atoms with Crippen LogP contribution in [0.2, 0.25) is 0 Å². The number of aliphatic carboxylic acids is 1. The topological polar surface area (TPSA) is 64.4 Å². The highest BCUT2D eigenvalue weighted by atomic mass is 16.5. The Hall–Kier alpha value is -2.82. The van der Waals surface area contributed by atoms with E-state index in [0.717, 1.165) is 46.2 Å². The van der Waals surface area contributed by atoms with E-state index in [2.05, 4.69) is 29.4 Å². The van der Waals surface area contributed by atoms with Crippen molar-refractivity contribution in [3.05, 3.63) is 48.2 Å². The minimum Gasteiger partial charge on any atom is -0.490 e. The molecule has 1 heterocycles. The summed E-state index contributed by atoms with van der Waals surface area (Å²) in [5.74, 6) is 0.107. The minimum absolute atomic E-state index is 0.129. The normalized spacial score (nSPS) is 15.0. The van der Waals surface area contributed by atoms with Crippen LogP contribution in [-0.4, -0.2) is 27.0 Å². The second kappa shape index (κ2) is 8.05. The zero-order chi connectivity index (χ0) is 19.5. The summed E-state index contributed by atoms with van der Waals surface area (Å²) in [5.41, 5.74) is 4.20. The van der Waals surface area contributed by atoms with Gasteiger partial charge in [0.15, 0.2) is 0 Å². The predicted molar refractivity (Wildman–Crippen MR) is 110 cm³/mol. The van der Waals surface area contributed by atoms with Crippen LogP contribution in [-0.2, 0) is 18.3 Å². The van der Waals surface area contributed by atoms with Gasteiger partial charge in [-0.1, -0.05) is 18.6 Å². The van der Waals surface area contributed by atoms with Crippen LogP contribution >= 0.6 is 0 Å². The van der Waals surface area contributed by atoms with Gasteiger partial charge in [0, 0.05) is 24.4 Å². The van der Waals surface area contributed by atoms with Crippen LogP contribution in [0.5, 0.6) is 5.75 Å². The number of carbonyl (C=O) groups is 1. The van der Waals surface area contributed by atoms with Gasteiger partial charge in [-0.15, -0.1) is 0 Å². The number of aryl methyl sites for hydroxylation is 2. The second-order valence-electron chi connectivity index (χ2n) is 7.64. The van der Waals surface area contributed by atoms with E-state index in [4.69, 9.17) is 9.84 Å². The molecule has 0 atom stereocenters. The van der Waals surface area contributed by atoms with Crippen molar-refractivity contribution >= 4 is 16.9 Å². The average Bonchev–Trinajstić information content (AvgIpc) is 3.08. The monoisotopic (exact) mass is 378 g/mol. The van der Waals surface area contributed by atoms with Gasteiger partial charge in [0.05, 0.1) is 17.8 Å². The Labute approximate surface area is 164 Å². The maximum atomic E-state index is 11.0. The molecule has 5 heteroatoms. The van der Waals surface area contributed by atoms with Crippen molar-refractivity contribution in [3.63, 3.8) is 0 Å². The Morgan fingerprint density at radius 3 is 2.79 bits per heavy atom. The number of ether oxygens (including phenoxy) is 1. The first-order chi connectivity index (χ1) is 13.6. The van der Waals surface area contributed by atoms with Crippen molar-refractivity contribution in [2.75, 3.05) is 0 Å². The number of hydrogen-bond acceptors (Lipinski definition) is 3. The maximum absolute atomic E-state index is 11.0. The van der Waals surface area contributed by atoms with E-state index in [0.29, 0.717) is 6.42 Å². The molecule has 1 N–H and O–H groups in total. The maximum Gasteiger partial charge on any atom is 0.303 e. The number of fused-ring (bicyclic) bond motifs is 1. The Bertz CT molecular complexity index is 987. The fraction of sp³-hybridized carbons (Fsp3) is 0.391. The van der Waals surface area contributed by atoms with E-state index in [1.165, 1.54) is 19.3 Å². The molecule has 1 aliphatic carbocycles. The molecule has 1 aliphatic rings. The average molecular weight is 378 g/mol. The van der Waals surface area contributed by atoms with Crippen molar-refractivity contribution in [3.8, 4) is 16.9 Å². The van der Waals surface area contributed by atoms with Gasteiger partial charge < -0.3 is 9.84 Å². The SMILES string of the molecule is Cn1ncc2cc(-c3cc(CCC(=O)O)ccc3OC3CCCCC3)ccc21. The molecule has 1 saturated carbocycles. The van der Waals surface area contributed by atoms with Crippen molar-refractivity contribution in [2.24, 2.45) is 7.05 Å². The molecule has 0 unspecified atom stereocenters. The summed E-state index contributed by atoms with van der Waals surface area (Å²) in [6, 6.07) is 12.4. The molecule has 4 rings (SSSR count). The molecule has 1 fully saturated rings. The summed E-state index contributed by atoms with van der Waals surface area (Å²) >= 11 is 0. The van der Waals surface area contributed by atoms with E-state index >= 15 is 0 Å². The molecule has 0 bridgehead atoms. The molecule has 5 nitrogen and oxygen atoms in total. The van der Waals surface area contributed by atoms with Crippen molar-refractivity contribution in [2.45, 2.75) is 51.0 Å². The van der Waals surface area contributed by atoms with Gasteiger partial charge in [-0.2, -0.15) is 5.10 Å². The molecule has 3 aromatic rings. The van der Waals surface area contributed by atoms with E-state index < -0.39 is 5.97 Å². The van der Waals surface area contributed by atoms with Crippen LogP contribution < -0.4 is 4.74 Å². The smallest absolute Gasteiger partial charge is 0.303 e. The van der Waals surface area contributed by atoms with Crippen LogP contribution in [0.4, 0.5) is 0 Å². The standard InChI is InChI=1S/C23H26N2O3/c1-25-21-10-9-17(14-18(21)15-24-25)20-13-16(8-12-23(26)27)7-11-22(20)28-19-5-3-2-4-6-19/h7,9-11,13-15,19H,2-6,8,12H2,1H3,(H,26,27). The highest BCUT2D eigenvalue weighted by molar-refractivity contribution is 5.86. The number of carboxylic acids is 1. The Balaban J connectivity index is 1.70. The predicted octanol–water partition coefficient (Wildman–Crippen LogP) is 4.97. The third-order valence-corrected chi connectivity index (χ3v) is 5.57. The second-order valence-corrected chi connectivity index (χ2v) is 7.64. The molecule has 0 amide bonds. The molecular formula is C23H26N2O3. The Morgan fingerprint density at radius 1 is 1.18 bits per heavy atom. The Kier molecular flexibility index (Phi) is 5.33. The third-order valence-electron chi connectivity index (χ3n) is 5.57. The van der Waals surface area contributed by atoms with Gasteiger partial charge in [0.2, 0.25) is 0 Å². The lowest BCUT2D eigenvalue weighted by Gasteiger charge is -2.24. The van der Waals surface area contributed by atoms with Crippen LogP contribution in [0.3, 0.4) is 0 Å². The summed E-state index contributed by atoms with van der Waals surface area (Å²) < 4.78 is 8.26. The summed E-state index contributed by atoms with van der Waals surface area (Å²) in [6.07, 6.45) is 8.71. The van der Waals surface area contributed by atoms with Crippen molar-refractivity contribution in [1.82, 2.24) is 9.78 Å². The third kappa shape index (κ3) is 4.03. The molecule has 2 aromatic carbocycles. The molecular weight excluding hydrogens is 352 g/mol. The first-order valence-corrected chi connectivity index (χ1v) is 10.0. The van der Waals surface area contributed by atoms with E-state index in [1.54, 1.807) is 0 Å². The van der Waals surface area contributed by atoms with Gasteiger partial charge in [-0.05, 0) is 67.5 Å². The first-order valence-electron chi connectivity index (χ1n) is 10.0. The van der Waals surface area contributed by atoms with Crippen LogP contribution in [0, 0.1) is 0 Å². The van der Waals surface area contributed by atoms with Crippen LogP contribution in [0.15, 0.2) is 42.6 Å². The largest absolute Gasteiger partial charge is 0.490 e. The minimum atomic E-state index is -0.777. The summed E-state index contributed by atoms with van der Waals surface area (Å²) in [6.45, 7) is 0. The fourth-order valence-electron chi connectivity index (χ4n) is 4.01. The quantitative estimate of drug-likeness (QED) is 0.658. The molecule has 1 aromatic heterocycles. The lowest BCUT2D eigenvalue weighted by atomic mass is 9.96. The number of hydrogen-bond donors (Lipinski definition) is 1. The van der Waals surface area contributed by atoms with E-state index in [-0.39, 0.29) is 12.5 Å². The number of nitrogens with zero attached hydrogens (tertiary/aromatic N) is 2. The van der Waals surface area contributed by atoms with Crippen LogP contribution in [0.25, 0.3) is 22.0 Å². The number of benzene rings is 2. The highest BCUT2D eigenvalue weighted by Crippen LogP contribution is 2.35. The summed E-state index contributed by atoms with van der Waals surface area (Å²) in [7, 11) is 1.94. The molecule has 0 spiro atoms. The summed E-state index contributed by atoms with van der Waals surface area (Å²) in [5, 5.41) is 14.4. The number of aromatic nitrogens is 2. The van der Waals surface area contributed by atoms with Gasteiger partial charge in [-0.25, -0.2) is 0 Å². The summed E-state index contributed by atoms with van der Waals surface area (Å²) in [4.78, 5) is 11.0. The van der Waals surface area contributed by atoms with E-state index in [9.17, 15) is 4.79 Å². The first kappa shape index (κ1) is 18.5. The van der Waals surface area contributed by atoms with Gasteiger partial charge in [0.25, 0.3) is 0 Å². The number of carboxylic acid groups (broad SMARTS) is 1. The van der Waals surface area contributed by atoms with Crippen LogP contribution in [0.1, 0.15) is 44.1 Å². The zero-order valence-corrected chi connectivity index (χ0v) is 16.2.